The van der Waals surface area contributed by atoms with Crippen LogP contribution in [0.5, 0.6) is 17.2 Å². The molecule has 0 aliphatic carbocycles. The van der Waals surface area contributed by atoms with Crippen LogP contribution in [0.1, 0.15) is 0 Å². The largest absolute Gasteiger partial charge is 0.497 e. The highest BCUT2D eigenvalue weighted by Crippen LogP contribution is 2.34. The number of hydrogen-bond acceptors (Lipinski definition) is 4. The summed E-state index contributed by atoms with van der Waals surface area (Å²) in [6, 6.07) is 7.01. The molecule has 0 spiro atoms. The van der Waals surface area contributed by atoms with Crippen LogP contribution in [0.15, 0.2) is 41.1 Å². The Labute approximate surface area is 108 Å². The van der Waals surface area contributed by atoms with Crippen molar-refractivity contribution >= 4 is 21.6 Å². The van der Waals surface area contributed by atoms with E-state index in [1.807, 2.05) is 0 Å². The summed E-state index contributed by atoms with van der Waals surface area (Å²) >= 11 is 3.35. The number of nitrogens with two attached hydrogens (primary N) is 1. The van der Waals surface area contributed by atoms with Gasteiger partial charge in [-0.2, -0.15) is 0 Å². The molecular formula is C12H11BrN2O2. The topological polar surface area (TPSA) is 57.4 Å². The van der Waals surface area contributed by atoms with Crippen LogP contribution < -0.4 is 15.2 Å². The van der Waals surface area contributed by atoms with Gasteiger partial charge in [0.25, 0.3) is 0 Å². The van der Waals surface area contributed by atoms with Gasteiger partial charge in [-0.3, -0.25) is 4.98 Å². The first-order chi connectivity index (χ1) is 8.20. The second-order valence-electron chi connectivity index (χ2n) is 3.31. The quantitative estimate of drug-likeness (QED) is 0.883. The van der Waals surface area contributed by atoms with Gasteiger partial charge in [0.15, 0.2) is 5.75 Å². The number of methoxy groups -OCH3 is 1. The first kappa shape index (κ1) is 11.7. The molecule has 0 atom stereocenters. The molecule has 0 fully saturated rings. The van der Waals surface area contributed by atoms with Crippen molar-refractivity contribution in [2.75, 3.05) is 12.8 Å². The number of benzene rings is 1. The summed E-state index contributed by atoms with van der Waals surface area (Å²) in [6.07, 6.45) is 3.31. The van der Waals surface area contributed by atoms with Gasteiger partial charge >= 0.3 is 0 Å². The van der Waals surface area contributed by atoms with Crippen molar-refractivity contribution in [1.29, 1.82) is 0 Å². The summed E-state index contributed by atoms with van der Waals surface area (Å²) in [6.45, 7) is 0. The fourth-order valence-electron chi connectivity index (χ4n) is 1.29. The Balaban J connectivity index is 2.32. The van der Waals surface area contributed by atoms with Crippen LogP contribution in [0, 0.1) is 0 Å². The summed E-state index contributed by atoms with van der Waals surface area (Å²) in [5.74, 6) is 1.90. The Kier molecular flexibility index (Phi) is 3.49. The molecule has 0 amide bonds. The number of pyridine rings is 1. The van der Waals surface area contributed by atoms with Crippen molar-refractivity contribution in [2.45, 2.75) is 0 Å². The van der Waals surface area contributed by atoms with E-state index in [0.717, 1.165) is 4.47 Å². The van der Waals surface area contributed by atoms with Crippen molar-refractivity contribution in [1.82, 2.24) is 4.98 Å². The van der Waals surface area contributed by atoms with Gasteiger partial charge in [-0.25, -0.2) is 0 Å². The number of halogens is 1. The van der Waals surface area contributed by atoms with E-state index in [9.17, 15) is 0 Å². The Morgan fingerprint density at radius 3 is 2.76 bits per heavy atom. The Bertz CT molecular complexity index is 532. The van der Waals surface area contributed by atoms with Crippen LogP contribution in [-0.4, -0.2) is 12.1 Å². The van der Waals surface area contributed by atoms with E-state index in [2.05, 4.69) is 20.9 Å². The maximum atomic E-state index is 5.83. The van der Waals surface area contributed by atoms with Crippen LogP contribution >= 0.6 is 15.9 Å². The minimum atomic E-state index is 0.550. The fourth-order valence-corrected chi connectivity index (χ4v) is 1.63. The zero-order valence-electron chi connectivity index (χ0n) is 9.18. The second-order valence-corrected chi connectivity index (χ2v) is 4.17. The molecular weight excluding hydrogens is 284 g/mol. The molecule has 0 aliphatic rings. The average Bonchev–Trinajstić information content (AvgIpc) is 2.35. The summed E-state index contributed by atoms with van der Waals surface area (Å²) in [7, 11) is 1.59. The van der Waals surface area contributed by atoms with E-state index in [1.165, 1.54) is 0 Å². The molecule has 2 N–H and O–H groups in total. The highest BCUT2D eigenvalue weighted by molar-refractivity contribution is 9.10. The number of aromatic nitrogens is 1. The lowest BCUT2D eigenvalue weighted by molar-refractivity contribution is 0.409. The van der Waals surface area contributed by atoms with Crippen molar-refractivity contribution in [3.8, 4) is 17.2 Å². The molecule has 1 aromatic carbocycles. The van der Waals surface area contributed by atoms with Gasteiger partial charge in [0.2, 0.25) is 0 Å². The molecule has 1 aromatic heterocycles. The predicted molar refractivity (Wildman–Crippen MR) is 69.4 cm³/mol. The van der Waals surface area contributed by atoms with Crippen molar-refractivity contribution in [3.05, 3.63) is 41.1 Å². The first-order valence-corrected chi connectivity index (χ1v) is 5.71. The first-order valence-electron chi connectivity index (χ1n) is 4.91. The number of hydrogen-bond donors (Lipinski definition) is 1. The highest BCUT2D eigenvalue weighted by Gasteiger charge is 2.06. The van der Waals surface area contributed by atoms with E-state index >= 15 is 0 Å². The third-order valence-corrected chi connectivity index (χ3v) is 2.77. The van der Waals surface area contributed by atoms with Crippen LogP contribution in [0.4, 0.5) is 5.69 Å². The predicted octanol–water partition coefficient (Wildman–Crippen LogP) is 3.23. The van der Waals surface area contributed by atoms with Gasteiger partial charge in [-0.15, -0.1) is 0 Å². The third kappa shape index (κ3) is 2.68. The minimum absolute atomic E-state index is 0.550. The Morgan fingerprint density at radius 1 is 1.24 bits per heavy atom. The van der Waals surface area contributed by atoms with E-state index in [4.69, 9.17) is 15.2 Å². The number of nitrogen functional groups attached to an aromatic ring is 1. The lowest BCUT2D eigenvalue weighted by Gasteiger charge is -2.10. The van der Waals surface area contributed by atoms with Crippen molar-refractivity contribution in [3.63, 3.8) is 0 Å². The van der Waals surface area contributed by atoms with Gasteiger partial charge < -0.3 is 15.2 Å². The standard InChI is InChI=1S/C12H11BrN2O2/c1-16-8-2-3-10(14)12(6-8)17-11-4-5-15-7-9(11)13/h2-7H,14H2,1H3. The zero-order chi connectivity index (χ0) is 12.3. The molecule has 0 radical (unpaired) electrons. The molecule has 17 heavy (non-hydrogen) atoms. The smallest absolute Gasteiger partial charge is 0.154 e. The molecule has 0 bridgehead atoms. The number of anilines is 1. The summed E-state index contributed by atoms with van der Waals surface area (Å²) in [4.78, 5) is 3.96. The third-order valence-electron chi connectivity index (χ3n) is 2.18. The molecule has 0 saturated heterocycles. The van der Waals surface area contributed by atoms with Gasteiger partial charge in [0, 0.05) is 24.5 Å². The molecule has 4 nitrogen and oxygen atoms in total. The molecule has 0 unspecified atom stereocenters. The SMILES string of the molecule is COc1ccc(N)c(Oc2ccncc2Br)c1. The van der Waals surface area contributed by atoms with Crippen LogP contribution in [0.25, 0.3) is 0 Å². The molecule has 1 heterocycles. The van der Waals surface area contributed by atoms with E-state index in [0.29, 0.717) is 22.9 Å². The lowest BCUT2D eigenvalue weighted by Crippen LogP contribution is -1.94. The van der Waals surface area contributed by atoms with E-state index < -0.39 is 0 Å². The van der Waals surface area contributed by atoms with E-state index in [1.54, 1.807) is 43.8 Å². The number of ether oxygens (including phenoxy) is 2. The molecule has 2 aromatic rings. The minimum Gasteiger partial charge on any atom is -0.497 e. The lowest BCUT2D eigenvalue weighted by atomic mass is 10.3. The maximum Gasteiger partial charge on any atom is 0.154 e. The normalized spacial score (nSPS) is 10.0. The summed E-state index contributed by atoms with van der Waals surface area (Å²) in [5.41, 5.74) is 6.38. The van der Waals surface area contributed by atoms with Gasteiger partial charge in [-0.05, 0) is 28.1 Å². The highest BCUT2D eigenvalue weighted by atomic mass is 79.9. The number of nitrogens with zero attached hydrogens (tertiary/aromatic N) is 1. The van der Waals surface area contributed by atoms with E-state index in [-0.39, 0.29) is 0 Å². The Morgan fingerprint density at radius 2 is 2.06 bits per heavy atom. The monoisotopic (exact) mass is 294 g/mol. The van der Waals surface area contributed by atoms with Crippen LogP contribution in [-0.2, 0) is 0 Å². The summed E-state index contributed by atoms with van der Waals surface area (Å²) < 4.78 is 11.6. The molecule has 5 heteroatoms. The van der Waals surface area contributed by atoms with Gasteiger partial charge in [-0.1, -0.05) is 0 Å². The van der Waals surface area contributed by atoms with Crippen LogP contribution in [0.3, 0.4) is 0 Å². The molecule has 2 rings (SSSR count). The molecule has 0 aliphatic heterocycles. The fraction of sp³-hybridized carbons (Fsp3) is 0.0833. The van der Waals surface area contributed by atoms with Gasteiger partial charge in [0.05, 0.1) is 17.3 Å². The Hall–Kier alpha value is -1.75. The number of rotatable bonds is 3. The molecule has 88 valence electrons. The second kappa shape index (κ2) is 5.05. The van der Waals surface area contributed by atoms with Crippen molar-refractivity contribution < 1.29 is 9.47 Å². The summed E-state index contributed by atoms with van der Waals surface area (Å²) in [5, 5.41) is 0. The van der Waals surface area contributed by atoms with Gasteiger partial charge in [0.1, 0.15) is 11.5 Å². The molecule has 0 saturated carbocycles. The van der Waals surface area contributed by atoms with Crippen LogP contribution in [0.2, 0.25) is 0 Å². The van der Waals surface area contributed by atoms with Crippen molar-refractivity contribution in [2.24, 2.45) is 0 Å². The average molecular weight is 295 g/mol. The maximum absolute atomic E-state index is 5.83. The zero-order valence-corrected chi connectivity index (χ0v) is 10.8.